The van der Waals surface area contributed by atoms with Crippen LogP contribution in [0.3, 0.4) is 0 Å². The van der Waals surface area contributed by atoms with E-state index in [1.807, 2.05) is 0 Å². The van der Waals surface area contributed by atoms with Crippen molar-refractivity contribution in [2.45, 2.75) is 13.8 Å². The number of nitrogens with one attached hydrogen (secondary N) is 1. The number of hydrogen-bond acceptors (Lipinski definition) is 4. The molecule has 1 N–H and O–H groups in total. The van der Waals surface area contributed by atoms with Gasteiger partial charge in [-0.15, -0.1) is 0 Å². The predicted molar refractivity (Wildman–Crippen MR) is 63.6 cm³/mol. The molecule has 0 saturated carbocycles. The van der Waals surface area contributed by atoms with Gasteiger partial charge in [0.05, 0.1) is 0 Å². The average Bonchev–Trinajstić information content (AvgIpc) is 2.81. The Labute approximate surface area is 96.1 Å². The van der Waals surface area contributed by atoms with Crippen molar-refractivity contribution in [1.29, 1.82) is 0 Å². The highest BCUT2D eigenvalue weighted by Gasteiger charge is 2.37. The molecule has 4 nitrogen and oxygen atoms in total. The van der Waals surface area contributed by atoms with Crippen molar-refractivity contribution in [2.75, 3.05) is 31.1 Å². The molecule has 1 aromatic rings. The monoisotopic (exact) mass is 218 g/mol. The molecule has 2 aliphatic heterocycles. The van der Waals surface area contributed by atoms with Crippen molar-refractivity contribution in [3.05, 3.63) is 17.6 Å². The largest absolute Gasteiger partial charge is 0.356 e. The molecular weight excluding hydrogens is 200 g/mol. The summed E-state index contributed by atoms with van der Waals surface area (Å²) in [6, 6.07) is 0. The van der Waals surface area contributed by atoms with Crippen LogP contribution in [-0.4, -0.2) is 36.1 Å². The Balaban J connectivity index is 1.86. The Bertz CT molecular complexity index is 392. The standard InChI is InChI=1S/C12H18N4/c1-8-9(2)14-7-15-12(8)16-5-10-3-13-4-11(10)6-16/h7,10-11,13H,3-6H2,1-2H3. The summed E-state index contributed by atoms with van der Waals surface area (Å²) in [7, 11) is 0. The first kappa shape index (κ1) is 10.0. The molecule has 0 radical (unpaired) electrons. The summed E-state index contributed by atoms with van der Waals surface area (Å²) in [5.74, 6) is 2.77. The van der Waals surface area contributed by atoms with E-state index in [4.69, 9.17) is 0 Å². The maximum absolute atomic E-state index is 4.44. The lowest BCUT2D eigenvalue weighted by Gasteiger charge is -2.20. The van der Waals surface area contributed by atoms with Gasteiger partial charge in [0.2, 0.25) is 0 Å². The molecule has 4 heteroatoms. The Morgan fingerprint density at radius 3 is 2.56 bits per heavy atom. The van der Waals surface area contributed by atoms with Crippen LogP contribution in [0.4, 0.5) is 5.82 Å². The van der Waals surface area contributed by atoms with Crippen molar-refractivity contribution in [2.24, 2.45) is 11.8 Å². The van der Waals surface area contributed by atoms with Gasteiger partial charge < -0.3 is 10.2 Å². The summed E-state index contributed by atoms with van der Waals surface area (Å²) < 4.78 is 0. The van der Waals surface area contributed by atoms with Crippen LogP contribution < -0.4 is 10.2 Å². The molecule has 86 valence electrons. The Kier molecular flexibility index (Phi) is 2.32. The zero-order valence-electron chi connectivity index (χ0n) is 9.90. The molecule has 0 aromatic carbocycles. The number of rotatable bonds is 1. The number of hydrogen-bond donors (Lipinski definition) is 1. The molecule has 0 bridgehead atoms. The first-order valence-corrected chi connectivity index (χ1v) is 5.99. The van der Waals surface area contributed by atoms with Crippen molar-refractivity contribution < 1.29 is 0 Å². The fourth-order valence-electron chi connectivity index (χ4n) is 2.87. The molecule has 0 amide bonds. The molecule has 1 aromatic heterocycles. The van der Waals surface area contributed by atoms with E-state index in [0.29, 0.717) is 0 Å². The number of anilines is 1. The Morgan fingerprint density at radius 2 is 1.88 bits per heavy atom. The summed E-state index contributed by atoms with van der Waals surface area (Å²) in [5.41, 5.74) is 2.33. The van der Waals surface area contributed by atoms with Gasteiger partial charge in [0.15, 0.2) is 0 Å². The molecule has 2 unspecified atom stereocenters. The molecule has 3 rings (SSSR count). The highest BCUT2D eigenvalue weighted by Crippen LogP contribution is 2.31. The molecule has 2 aliphatic rings. The van der Waals surface area contributed by atoms with Crippen LogP contribution in [-0.2, 0) is 0 Å². The Hall–Kier alpha value is -1.16. The van der Waals surface area contributed by atoms with E-state index in [-0.39, 0.29) is 0 Å². The van der Waals surface area contributed by atoms with Gasteiger partial charge in [-0.2, -0.15) is 0 Å². The van der Waals surface area contributed by atoms with Crippen LogP contribution in [0.15, 0.2) is 6.33 Å². The number of aryl methyl sites for hydroxylation is 1. The second-order valence-corrected chi connectivity index (χ2v) is 4.99. The van der Waals surface area contributed by atoms with Crippen molar-refractivity contribution in [3.63, 3.8) is 0 Å². The summed E-state index contributed by atoms with van der Waals surface area (Å²) in [4.78, 5) is 11.1. The van der Waals surface area contributed by atoms with E-state index in [2.05, 4.69) is 34.0 Å². The predicted octanol–water partition coefficient (Wildman–Crippen LogP) is 0.749. The van der Waals surface area contributed by atoms with E-state index in [9.17, 15) is 0 Å². The number of nitrogens with zero attached hydrogens (tertiary/aromatic N) is 3. The highest BCUT2D eigenvalue weighted by atomic mass is 15.2. The zero-order chi connectivity index (χ0) is 11.1. The first-order chi connectivity index (χ1) is 7.75. The molecule has 3 heterocycles. The average molecular weight is 218 g/mol. The third kappa shape index (κ3) is 1.48. The highest BCUT2D eigenvalue weighted by molar-refractivity contribution is 5.48. The minimum Gasteiger partial charge on any atom is -0.356 e. The van der Waals surface area contributed by atoms with Gasteiger partial charge in [-0.05, 0) is 25.7 Å². The molecule has 0 aliphatic carbocycles. The SMILES string of the molecule is Cc1ncnc(N2CC3CNCC3C2)c1C. The lowest BCUT2D eigenvalue weighted by Crippen LogP contribution is -2.27. The minimum absolute atomic E-state index is 0.815. The van der Waals surface area contributed by atoms with E-state index >= 15 is 0 Å². The topological polar surface area (TPSA) is 41.1 Å². The third-order valence-electron chi connectivity index (χ3n) is 4.00. The normalized spacial score (nSPS) is 28.5. The summed E-state index contributed by atoms with van der Waals surface area (Å²) in [6.45, 7) is 8.81. The second-order valence-electron chi connectivity index (χ2n) is 4.99. The van der Waals surface area contributed by atoms with E-state index in [0.717, 1.165) is 36.4 Å². The van der Waals surface area contributed by atoms with E-state index in [1.165, 1.54) is 18.7 Å². The van der Waals surface area contributed by atoms with Gasteiger partial charge >= 0.3 is 0 Å². The van der Waals surface area contributed by atoms with Gasteiger partial charge in [0.25, 0.3) is 0 Å². The Morgan fingerprint density at radius 1 is 1.19 bits per heavy atom. The van der Waals surface area contributed by atoms with Crippen LogP contribution in [0.2, 0.25) is 0 Å². The lowest BCUT2D eigenvalue weighted by atomic mass is 10.0. The van der Waals surface area contributed by atoms with E-state index < -0.39 is 0 Å². The van der Waals surface area contributed by atoms with Crippen LogP contribution in [0.5, 0.6) is 0 Å². The van der Waals surface area contributed by atoms with Gasteiger partial charge in [-0.1, -0.05) is 0 Å². The maximum atomic E-state index is 4.44. The van der Waals surface area contributed by atoms with Crippen LogP contribution in [0.25, 0.3) is 0 Å². The molecule has 2 saturated heterocycles. The second kappa shape index (κ2) is 3.70. The van der Waals surface area contributed by atoms with Crippen molar-refractivity contribution in [3.8, 4) is 0 Å². The first-order valence-electron chi connectivity index (χ1n) is 5.99. The fraction of sp³-hybridized carbons (Fsp3) is 0.667. The van der Waals surface area contributed by atoms with Crippen molar-refractivity contribution >= 4 is 5.82 Å². The van der Waals surface area contributed by atoms with Crippen molar-refractivity contribution in [1.82, 2.24) is 15.3 Å². The van der Waals surface area contributed by atoms with E-state index in [1.54, 1.807) is 6.33 Å². The molecule has 16 heavy (non-hydrogen) atoms. The molecule has 2 atom stereocenters. The molecule has 0 spiro atoms. The zero-order valence-corrected chi connectivity index (χ0v) is 9.90. The van der Waals surface area contributed by atoms with Crippen LogP contribution in [0, 0.1) is 25.7 Å². The maximum Gasteiger partial charge on any atom is 0.135 e. The van der Waals surface area contributed by atoms with Gasteiger partial charge in [0.1, 0.15) is 12.1 Å². The van der Waals surface area contributed by atoms with Crippen LogP contribution in [0.1, 0.15) is 11.3 Å². The summed E-state index contributed by atoms with van der Waals surface area (Å²) in [6.07, 6.45) is 1.68. The smallest absolute Gasteiger partial charge is 0.135 e. The van der Waals surface area contributed by atoms with Crippen LogP contribution >= 0.6 is 0 Å². The van der Waals surface area contributed by atoms with Gasteiger partial charge in [-0.3, -0.25) is 0 Å². The molecular formula is C12H18N4. The third-order valence-corrected chi connectivity index (χ3v) is 4.00. The minimum atomic E-state index is 0.815. The van der Waals surface area contributed by atoms with Gasteiger partial charge in [-0.25, -0.2) is 9.97 Å². The summed E-state index contributed by atoms with van der Waals surface area (Å²) in [5, 5.41) is 3.46. The summed E-state index contributed by atoms with van der Waals surface area (Å²) >= 11 is 0. The number of aromatic nitrogens is 2. The fourth-order valence-corrected chi connectivity index (χ4v) is 2.87. The van der Waals surface area contributed by atoms with Gasteiger partial charge in [0, 0.05) is 37.4 Å². The molecule has 2 fully saturated rings. The number of fused-ring (bicyclic) bond motifs is 1. The quantitative estimate of drug-likeness (QED) is 0.755. The lowest BCUT2D eigenvalue weighted by molar-refractivity contribution is 0.533.